The van der Waals surface area contributed by atoms with Gasteiger partial charge in [0, 0.05) is 49.9 Å². The Hall–Kier alpha value is -3.40. The number of anilines is 2. The van der Waals surface area contributed by atoms with Gasteiger partial charge in [0.2, 0.25) is 0 Å². The van der Waals surface area contributed by atoms with Gasteiger partial charge in [0.05, 0.1) is 23.4 Å². The van der Waals surface area contributed by atoms with E-state index in [0.717, 1.165) is 12.1 Å². The van der Waals surface area contributed by atoms with Gasteiger partial charge in [-0.05, 0) is 30.2 Å². The Morgan fingerprint density at radius 3 is 2.42 bits per heavy atom. The van der Waals surface area contributed by atoms with Crippen LogP contribution in [-0.4, -0.2) is 67.3 Å². The zero-order valence-electron chi connectivity index (χ0n) is 20.0. The number of alkyl halides is 3. The second-order valence-electron chi connectivity index (χ2n) is 8.35. The van der Waals surface area contributed by atoms with Gasteiger partial charge in [-0.25, -0.2) is 8.78 Å². The first-order chi connectivity index (χ1) is 18.0. The number of hydrogen-bond acceptors (Lipinski definition) is 5. The molecule has 3 rings (SSSR count). The van der Waals surface area contributed by atoms with Crippen LogP contribution >= 0.6 is 11.6 Å². The van der Waals surface area contributed by atoms with Crippen molar-refractivity contribution in [1.29, 1.82) is 0 Å². The molecular weight excluding hydrogens is 535 g/mol. The molecule has 38 heavy (non-hydrogen) atoms. The average Bonchev–Trinajstić information content (AvgIpc) is 2.88. The fourth-order valence-electron chi connectivity index (χ4n) is 3.80. The van der Waals surface area contributed by atoms with E-state index in [9.17, 15) is 31.5 Å². The molecule has 13 heteroatoms. The van der Waals surface area contributed by atoms with Gasteiger partial charge in [0.25, 0.3) is 11.8 Å². The molecule has 0 atom stereocenters. The predicted molar refractivity (Wildman–Crippen MR) is 132 cm³/mol. The van der Waals surface area contributed by atoms with E-state index >= 15 is 0 Å². The number of halogens is 6. The third-order valence-corrected chi connectivity index (χ3v) is 5.99. The van der Waals surface area contributed by atoms with Crippen molar-refractivity contribution in [2.24, 2.45) is 0 Å². The van der Waals surface area contributed by atoms with Crippen molar-refractivity contribution in [1.82, 2.24) is 10.2 Å². The lowest BCUT2D eigenvalue weighted by Gasteiger charge is -2.37. The van der Waals surface area contributed by atoms with Gasteiger partial charge in [0.15, 0.2) is 11.6 Å². The van der Waals surface area contributed by atoms with Crippen molar-refractivity contribution in [3.8, 4) is 11.8 Å². The number of carbonyl (C=O) groups excluding carboxylic acids is 2. The number of piperazine rings is 1. The minimum Gasteiger partial charge on any atom is -0.384 e. The number of hydrogen-bond donors (Lipinski definition) is 3. The molecule has 1 heterocycles. The summed E-state index contributed by atoms with van der Waals surface area (Å²) in [4.78, 5) is 27.9. The van der Waals surface area contributed by atoms with Crippen molar-refractivity contribution >= 4 is 34.8 Å². The van der Waals surface area contributed by atoms with Crippen molar-refractivity contribution < 1.29 is 36.6 Å². The average molecular weight is 559 g/mol. The third kappa shape index (κ3) is 8.05. The Morgan fingerprint density at radius 2 is 1.76 bits per heavy atom. The molecule has 1 saturated heterocycles. The summed E-state index contributed by atoms with van der Waals surface area (Å²) in [6.07, 6.45) is -5.14. The Labute approximate surface area is 220 Å². The molecule has 2 aromatic rings. The molecule has 0 aromatic heterocycles. The summed E-state index contributed by atoms with van der Waals surface area (Å²) in [6.45, 7) is 0.420. The highest BCUT2D eigenvalue weighted by Gasteiger charge is 2.29. The molecule has 0 aliphatic carbocycles. The molecule has 0 saturated carbocycles. The first kappa shape index (κ1) is 29.2. The Morgan fingerprint density at radius 1 is 1.05 bits per heavy atom. The van der Waals surface area contributed by atoms with Crippen LogP contribution in [0.4, 0.5) is 33.3 Å². The smallest absolute Gasteiger partial charge is 0.384 e. The largest absolute Gasteiger partial charge is 0.390 e. The Kier molecular flexibility index (Phi) is 9.90. The predicted octanol–water partition coefficient (Wildman–Crippen LogP) is 3.56. The Bertz CT molecular complexity index is 1240. The van der Waals surface area contributed by atoms with Gasteiger partial charge < -0.3 is 20.6 Å². The maximum Gasteiger partial charge on any atom is 0.390 e. The van der Waals surface area contributed by atoms with Crippen molar-refractivity contribution in [2.75, 3.05) is 49.5 Å². The van der Waals surface area contributed by atoms with Crippen LogP contribution in [0.5, 0.6) is 0 Å². The fraction of sp³-hybridized carbons (Fsp3) is 0.360. The molecule has 1 aliphatic heterocycles. The van der Waals surface area contributed by atoms with E-state index in [1.165, 1.54) is 12.1 Å². The molecule has 3 N–H and O–H groups in total. The highest BCUT2D eigenvalue weighted by atomic mass is 35.5. The van der Waals surface area contributed by atoms with E-state index in [2.05, 4.69) is 22.5 Å². The minimum absolute atomic E-state index is 0.114. The SMILES string of the molecule is O=C(C#CCO)NCc1ccc(C(=O)Nc2ccc(Cl)cc2N2CCN(CCC(F)(F)F)CC2)c(F)c1F. The normalized spacial score (nSPS) is 14.0. The van der Waals surface area contributed by atoms with E-state index in [4.69, 9.17) is 16.7 Å². The van der Waals surface area contributed by atoms with Gasteiger partial charge in [-0.3, -0.25) is 14.5 Å². The molecule has 0 spiro atoms. The first-order valence-corrected chi connectivity index (χ1v) is 11.9. The second-order valence-corrected chi connectivity index (χ2v) is 8.79. The molecule has 2 aromatic carbocycles. The molecule has 0 radical (unpaired) electrons. The number of rotatable bonds is 7. The lowest BCUT2D eigenvalue weighted by molar-refractivity contribution is -0.138. The summed E-state index contributed by atoms with van der Waals surface area (Å²) < 4.78 is 66.9. The maximum absolute atomic E-state index is 14.7. The number of nitrogens with zero attached hydrogens (tertiary/aromatic N) is 2. The number of benzene rings is 2. The summed E-state index contributed by atoms with van der Waals surface area (Å²) in [7, 11) is 0. The summed E-state index contributed by atoms with van der Waals surface area (Å²) in [5.41, 5.74) is -0.0310. The van der Waals surface area contributed by atoms with E-state index in [0.29, 0.717) is 36.9 Å². The highest BCUT2D eigenvalue weighted by molar-refractivity contribution is 6.31. The quantitative estimate of drug-likeness (QED) is 0.358. The van der Waals surface area contributed by atoms with Gasteiger partial charge in [-0.1, -0.05) is 23.6 Å². The monoisotopic (exact) mass is 558 g/mol. The van der Waals surface area contributed by atoms with Gasteiger partial charge in [-0.2, -0.15) is 13.2 Å². The third-order valence-electron chi connectivity index (χ3n) is 5.76. The van der Waals surface area contributed by atoms with Crippen LogP contribution in [-0.2, 0) is 11.3 Å². The van der Waals surface area contributed by atoms with E-state index in [1.807, 2.05) is 4.90 Å². The van der Waals surface area contributed by atoms with Crippen LogP contribution in [0, 0.1) is 23.5 Å². The molecule has 1 fully saturated rings. The maximum atomic E-state index is 14.7. The molecule has 7 nitrogen and oxygen atoms in total. The van der Waals surface area contributed by atoms with E-state index in [-0.39, 0.29) is 24.3 Å². The molecule has 1 aliphatic rings. The van der Waals surface area contributed by atoms with Crippen LogP contribution in [0.1, 0.15) is 22.3 Å². The lowest BCUT2D eigenvalue weighted by atomic mass is 10.1. The number of aliphatic hydroxyl groups is 1. The van der Waals surface area contributed by atoms with Gasteiger partial charge >= 0.3 is 6.18 Å². The van der Waals surface area contributed by atoms with Gasteiger partial charge in [-0.15, -0.1) is 0 Å². The molecular formula is C25H24ClF5N4O3. The van der Waals surface area contributed by atoms with Crippen molar-refractivity contribution in [3.63, 3.8) is 0 Å². The van der Waals surface area contributed by atoms with Crippen LogP contribution in [0.15, 0.2) is 30.3 Å². The molecule has 204 valence electrons. The topological polar surface area (TPSA) is 84.9 Å². The van der Waals surface area contributed by atoms with E-state index < -0.39 is 48.2 Å². The summed E-state index contributed by atoms with van der Waals surface area (Å²) in [5, 5.41) is 13.7. The number of nitrogens with one attached hydrogen (secondary N) is 2. The number of carbonyl (C=O) groups is 2. The second kappa shape index (κ2) is 12.9. The summed E-state index contributed by atoms with van der Waals surface area (Å²) in [5.74, 6) is -0.286. The van der Waals surface area contributed by atoms with Crippen molar-refractivity contribution in [2.45, 2.75) is 19.1 Å². The van der Waals surface area contributed by atoms with Crippen molar-refractivity contribution in [3.05, 3.63) is 58.1 Å². The molecule has 2 amide bonds. The zero-order valence-corrected chi connectivity index (χ0v) is 20.7. The fourth-order valence-corrected chi connectivity index (χ4v) is 3.97. The lowest BCUT2D eigenvalue weighted by Crippen LogP contribution is -2.47. The van der Waals surface area contributed by atoms with E-state index in [1.54, 1.807) is 11.0 Å². The van der Waals surface area contributed by atoms with Crippen LogP contribution in [0.3, 0.4) is 0 Å². The number of aliphatic hydroxyl groups excluding tert-OH is 1. The zero-order chi connectivity index (χ0) is 27.9. The number of amides is 2. The first-order valence-electron chi connectivity index (χ1n) is 11.5. The standard InChI is InChI=1S/C25H24ClF5N4O3/c26-17-4-6-19(20(14-17)35-11-9-34(10-12-35)8-7-25(29,30)31)33-24(38)18-5-3-16(22(27)23(18)28)15-32-21(37)2-1-13-36/h3-6,14,36H,7-13,15H2,(H,32,37)(H,33,38). The summed E-state index contributed by atoms with van der Waals surface area (Å²) in [6, 6.07) is 6.80. The molecule has 0 unspecified atom stereocenters. The van der Waals surface area contributed by atoms with Crippen LogP contribution < -0.4 is 15.5 Å². The van der Waals surface area contributed by atoms with Gasteiger partial charge in [0.1, 0.15) is 6.61 Å². The Balaban J connectivity index is 1.70. The van der Waals surface area contributed by atoms with Crippen LogP contribution in [0.25, 0.3) is 0 Å². The summed E-state index contributed by atoms with van der Waals surface area (Å²) >= 11 is 6.13. The van der Waals surface area contributed by atoms with Crippen LogP contribution in [0.2, 0.25) is 5.02 Å². The highest BCUT2D eigenvalue weighted by Crippen LogP contribution is 2.31. The minimum atomic E-state index is -4.24. The molecule has 0 bridgehead atoms.